The highest BCUT2D eigenvalue weighted by Crippen LogP contribution is 2.60. The van der Waals surface area contributed by atoms with Gasteiger partial charge in [0.15, 0.2) is 0 Å². The fraction of sp³-hybridized carbons (Fsp3) is 0.914. The van der Waals surface area contributed by atoms with Crippen LogP contribution in [-0.4, -0.2) is 37.2 Å². The molecule has 1 heterocycles. The lowest BCUT2D eigenvalue weighted by Crippen LogP contribution is -2.59. The highest BCUT2D eigenvalue weighted by molar-refractivity contribution is 5.80. The second-order valence-electron chi connectivity index (χ2n) is 14.5. The number of hydrogen-bond donors (Lipinski definition) is 0. The molecule has 240 valence electrons. The van der Waals surface area contributed by atoms with Gasteiger partial charge < -0.3 is 14.2 Å². The average molecular weight is 581 g/mol. The molecule has 0 N–H and O–H groups in total. The average Bonchev–Trinajstić information content (AvgIpc) is 3.57. The Morgan fingerprint density at radius 1 is 0.878 bits per heavy atom. The molecule has 7 rings (SSSR count). The molecule has 0 aromatic heterocycles. The quantitative estimate of drug-likeness (QED) is 0.231. The molecule has 6 saturated carbocycles. The first-order chi connectivity index (χ1) is 17.4. The van der Waals surface area contributed by atoms with Gasteiger partial charge in [-0.1, -0.05) is 36.6 Å². The Kier molecular flexibility index (Phi) is 12.2. The van der Waals surface area contributed by atoms with Crippen molar-refractivity contribution in [1.29, 1.82) is 0 Å². The van der Waals surface area contributed by atoms with Gasteiger partial charge in [0.2, 0.25) is 0 Å². The summed E-state index contributed by atoms with van der Waals surface area (Å²) in [5.41, 5.74) is -1.70. The zero-order valence-electron chi connectivity index (χ0n) is 23.8. The summed E-state index contributed by atoms with van der Waals surface area (Å²) in [5.74, 6) is 4.86. The Hall–Kier alpha value is -1.59. The molecule has 7 fully saturated rings. The summed E-state index contributed by atoms with van der Waals surface area (Å²) in [6.45, 7) is 10.6. The molecule has 0 aromatic rings. The van der Waals surface area contributed by atoms with Gasteiger partial charge in [-0.05, 0) is 127 Å². The smallest absolute Gasteiger partial charge is 0.312 e. The molecule has 0 radical (unpaired) electrons. The minimum absolute atomic E-state index is 0. The van der Waals surface area contributed by atoms with Crippen LogP contribution >= 0.6 is 0 Å². The van der Waals surface area contributed by atoms with Crippen molar-refractivity contribution in [1.82, 2.24) is 0 Å². The maximum atomic E-state index is 13.2. The van der Waals surface area contributed by atoms with E-state index in [4.69, 9.17) is 14.2 Å². The lowest BCUT2D eigenvalue weighted by atomic mass is 9.50. The monoisotopic (exact) mass is 580 g/mol. The molecule has 1 aliphatic heterocycles. The Morgan fingerprint density at radius 3 is 1.90 bits per heavy atom. The summed E-state index contributed by atoms with van der Waals surface area (Å²) >= 11 is 0. The molecular formula is C35H64O6. The van der Waals surface area contributed by atoms with Gasteiger partial charge in [0, 0.05) is 5.92 Å². The number of hydrogen-bond acceptors (Lipinski definition) is 6. The van der Waals surface area contributed by atoms with E-state index in [2.05, 4.69) is 6.92 Å². The fourth-order valence-corrected chi connectivity index (χ4v) is 9.55. The Bertz CT molecular complexity index is 896. The maximum absolute atomic E-state index is 13.2. The third kappa shape index (κ3) is 6.51. The largest absolute Gasteiger partial charge is 0.469 e. The van der Waals surface area contributed by atoms with E-state index in [1.54, 1.807) is 0 Å². The van der Waals surface area contributed by atoms with Crippen LogP contribution in [0.2, 0.25) is 0 Å². The molecule has 6 nitrogen and oxygen atoms in total. The normalized spacial score (nSPS) is 38.2. The first-order valence-electron chi connectivity index (χ1n) is 14.9. The van der Waals surface area contributed by atoms with Gasteiger partial charge in [-0.3, -0.25) is 14.4 Å². The van der Waals surface area contributed by atoms with Gasteiger partial charge in [0.05, 0.1) is 30.5 Å². The number of rotatable bonds is 6. The molecule has 0 spiro atoms. The number of carbonyl (C=O) groups is 3. The molecule has 5 unspecified atom stereocenters. The summed E-state index contributed by atoms with van der Waals surface area (Å²) in [6.07, 6.45) is 11.3. The van der Waals surface area contributed by atoms with E-state index in [0.717, 1.165) is 24.4 Å². The van der Waals surface area contributed by atoms with E-state index < -0.39 is 10.8 Å². The van der Waals surface area contributed by atoms with E-state index in [9.17, 15) is 14.4 Å². The lowest BCUT2D eigenvalue weighted by molar-refractivity contribution is -0.212. The summed E-state index contributed by atoms with van der Waals surface area (Å²) < 4.78 is 16.3. The third-order valence-electron chi connectivity index (χ3n) is 11.7. The summed E-state index contributed by atoms with van der Waals surface area (Å²) in [4.78, 5) is 36.7. The van der Waals surface area contributed by atoms with Crippen molar-refractivity contribution >= 4 is 17.9 Å². The summed E-state index contributed by atoms with van der Waals surface area (Å²) in [5, 5.41) is 0. The Morgan fingerprint density at radius 2 is 1.41 bits per heavy atom. The molecular weight excluding hydrogens is 516 g/mol. The first-order valence-corrected chi connectivity index (χ1v) is 14.9. The standard InChI is InChI=1S/C22H36O4.C9H12O2.4CH4/c1-7-21(4,19(24)25-6)13-20(2,3)18(23)26-22(5)16-9-14-8-15(11-16)12-17(22)10-14;10-9-8-6-2-1-5(3-6)7(8)4-11-9;;;;/h14-17H,7-13H2,1-6H3;5-8H,1-4H2;4*1H4. The number of methoxy groups -OCH3 is 1. The van der Waals surface area contributed by atoms with Crippen LogP contribution in [0, 0.1) is 58.2 Å². The van der Waals surface area contributed by atoms with Crippen molar-refractivity contribution < 1.29 is 28.6 Å². The first kappa shape index (κ1) is 37.4. The minimum atomic E-state index is -0.712. The Labute approximate surface area is 252 Å². The van der Waals surface area contributed by atoms with Crippen molar-refractivity contribution in [2.75, 3.05) is 13.7 Å². The van der Waals surface area contributed by atoms with Gasteiger partial charge in [0.1, 0.15) is 5.60 Å². The predicted molar refractivity (Wildman–Crippen MR) is 166 cm³/mol. The molecule has 6 bridgehead atoms. The van der Waals surface area contributed by atoms with E-state index in [1.807, 2.05) is 27.7 Å². The van der Waals surface area contributed by atoms with Crippen LogP contribution in [0.25, 0.3) is 0 Å². The minimum Gasteiger partial charge on any atom is -0.469 e. The second-order valence-corrected chi connectivity index (χ2v) is 14.5. The van der Waals surface area contributed by atoms with Gasteiger partial charge in [0.25, 0.3) is 0 Å². The highest BCUT2D eigenvalue weighted by Gasteiger charge is 2.58. The number of cyclic esters (lactones) is 1. The van der Waals surface area contributed by atoms with Crippen molar-refractivity contribution in [3.63, 3.8) is 0 Å². The topological polar surface area (TPSA) is 78.9 Å². The molecule has 0 amide bonds. The van der Waals surface area contributed by atoms with Crippen LogP contribution in [0.5, 0.6) is 0 Å². The maximum Gasteiger partial charge on any atom is 0.312 e. The molecule has 7 aliphatic rings. The zero-order valence-corrected chi connectivity index (χ0v) is 23.8. The summed E-state index contributed by atoms with van der Waals surface area (Å²) in [6, 6.07) is 0. The summed E-state index contributed by atoms with van der Waals surface area (Å²) in [7, 11) is 1.41. The van der Waals surface area contributed by atoms with Gasteiger partial charge in [-0.25, -0.2) is 0 Å². The van der Waals surface area contributed by atoms with E-state index in [1.165, 1.54) is 58.5 Å². The highest BCUT2D eigenvalue weighted by atomic mass is 16.6. The van der Waals surface area contributed by atoms with Gasteiger partial charge in [-0.15, -0.1) is 0 Å². The van der Waals surface area contributed by atoms with E-state index in [0.29, 0.717) is 42.4 Å². The van der Waals surface area contributed by atoms with Crippen LogP contribution in [0.3, 0.4) is 0 Å². The third-order valence-corrected chi connectivity index (χ3v) is 11.7. The van der Waals surface area contributed by atoms with Gasteiger partial charge in [-0.2, -0.15) is 0 Å². The number of esters is 3. The Balaban J connectivity index is 0.000000471. The molecule has 1 saturated heterocycles. The number of carbonyl (C=O) groups excluding carboxylic acids is 3. The van der Waals surface area contributed by atoms with Crippen molar-refractivity contribution in [2.45, 2.75) is 134 Å². The van der Waals surface area contributed by atoms with Gasteiger partial charge >= 0.3 is 17.9 Å². The SMILES string of the molecule is C.C.C.C.CCC(C)(CC(C)(C)C(=O)OC1(C)C2CC3CC(C2)CC1C3)C(=O)OC.O=C1OCC2C3CCC(C3)C12. The van der Waals surface area contributed by atoms with Crippen LogP contribution < -0.4 is 0 Å². The van der Waals surface area contributed by atoms with Crippen LogP contribution in [0.1, 0.15) is 129 Å². The van der Waals surface area contributed by atoms with Crippen LogP contribution in [0.4, 0.5) is 0 Å². The van der Waals surface area contributed by atoms with Crippen molar-refractivity contribution in [3.8, 4) is 0 Å². The van der Waals surface area contributed by atoms with Crippen LogP contribution in [-0.2, 0) is 28.6 Å². The molecule has 41 heavy (non-hydrogen) atoms. The fourth-order valence-electron chi connectivity index (χ4n) is 9.55. The second kappa shape index (κ2) is 13.4. The van der Waals surface area contributed by atoms with Crippen molar-refractivity contribution in [3.05, 3.63) is 0 Å². The lowest BCUT2D eigenvalue weighted by Gasteiger charge is -2.59. The molecule has 6 heteroatoms. The number of ether oxygens (including phenoxy) is 3. The van der Waals surface area contributed by atoms with E-state index in [-0.39, 0.29) is 53.2 Å². The van der Waals surface area contributed by atoms with Crippen molar-refractivity contribution in [2.24, 2.45) is 58.2 Å². The zero-order chi connectivity index (χ0) is 26.8. The van der Waals surface area contributed by atoms with Crippen LogP contribution in [0.15, 0.2) is 0 Å². The molecule has 0 aromatic carbocycles. The number of fused-ring (bicyclic) bond motifs is 5. The predicted octanol–water partition coefficient (Wildman–Crippen LogP) is 8.50. The molecule has 6 aliphatic carbocycles. The molecule has 5 atom stereocenters. The van der Waals surface area contributed by atoms with E-state index >= 15 is 0 Å².